The van der Waals surface area contributed by atoms with Gasteiger partial charge < -0.3 is 36.8 Å². The second kappa shape index (κ2) is 11.6. The van der Waals surface area contributed by atoms with Gasteiger partial charge >= 0.3 is 5.97 Å². The SMILES string of the molecule is CC(NC(=O)C(Cc1c[nH]c2ccccc12)NC(=O)CNC(=O)C(N)Cc1c[nH]c2ccccc12)C(=O)O. The lowest BCUT2D eigenvalue weighted by molar-refractivity contribution is -0.141. The summed E-state index contributed by atoms with van der Waals surface area (Å²) < 4.78 is 0. The van der Waals surface area contributed by atoms with Crippen LogP contribution in [0.1, 0.15) is 18.1 Å². The molecule has 3 amide bonds. The van der Waals surface area contributed by atoms with Crippen LogP contribution in [0.25, 0.3) is 21.8 Å². The van der Waals surface area contributed by atoms with E-state index < -0.39 is 48.4 Å². The summed E-state index contributed by atoms with van der Waals surface area (Å²) in [5, 5.41) is 18.5. The average molecular weight is 519 g/mol. The molecule has 0 fully saturated rings. The number of para-hydroxylation sites is 2. The highest BCUT2D eigenvalue weighted by Crippen LogP contribution is 2.20. The highest BCUT2D eigenvalue weighted by atomic mass is 16.4. The fourth-order valence-corrected chi connectivity index (χ4v) is 4.28. The van der Waals surface area contributed by atoms with Gasteiger partial charge in [-0.1, -0.05) is 36.4 Å². The van der Waals surface area contributed by atoms with Gasteiger partial charge in [-0.05, 0) is 36.6 Å². The topological polar surface area (TPSA) is 182 Å². The molecule has 0 bridgehead atoms. The molecule has 38 heavy (non-hydrogen) atoms. The summed E-state index contributed by atoms with van der Waals surface area (Å²) in [6, 6.07) is 12.1. The van der Waals surface area contributed by atoms with E-state index >= 15 is 0 Å². The maximum absolute atomic E-state index is 12.9. The van der Waals surface area contributed by atoms with Gasteiger partial charge in [0.15, 0.2) is 0 Å². The van der Waals surface area contributed by atoms with Gasteiger partial charge in [0, 0.05) is 40.6 Å². The Labute approximate surface area is 218 Å². The van der Waals surface area contributed by atoms with Crippen LogP contribution in [0.15, 0.2) is 60.9 Å². The molecular formula is C27H30N6O5. The van der Waals surface area contributed by atoms with Crippen LogP contribution in [0, 0.1) is 0 Å². The molecule has 0 aliphatic heterocycles. The number of H-pyrrole nitrogens is 2. The van der Waals surface area contributed by atoms with E-state index in [-0.39, 0.29) is 12.8 Å². The maximum atomic E-state index is 12.9. The summed E-state index contributed by atoms with van der Waals surface area (Å²) in [5.74, 6) is -2.98. The van der Waals surface area contributed by atoms with E-state index in [0.717, 1.165) is 32.9 Å². The van der Waals surface area contributed by atoms with Gasteiger partial charge in [0.25, 0.3) is 0 Å². The Hall–Kier alpha value is -4.64. The lowest BCUT2D eigenvalue weighted by Gasteiger charge is -2.20. The Balaban J connectivity index is 1.38. The number of aliphatic carboxylic acids is 1. The molecule has 0 saturated carbocycles. The van der Waals surface area contributed by atoms with Crippen molar-refractivity contribution in [2.75, 3.05) is 6.54 Å². The Kier molecular flexibility index (Phi) is 8.07. The fraction of sp³-hybridized carbons (Fsp3) is 0.259. The van der Waals surface area contributed by atoms with Gasteiger partial charge in [-0.25, -0.2) is 0 Å². The molecule has 3 unspecified atom stereocenters. The number of carboxylic acids is 1. The first-order valence-electron chi connectivity index (χ1n) is 12.2. The minimum Gasteiger partial charge on any atom is -0.480 e. The molecule has 2 heterocycles. The van der Waals surface area contributed by atoms with Gasteiger partial charge in [0.2, 0.25) is 17.7 Å². The second-order valence-corrected chi connectivity index (χ2v) is 9.14. The number of aromatic amines is 2. The third-order valence-corrected chi connectivity index (χ3v) is 6.35. The molecule has 11 heteroatoms. The second-order valence-electron chi connectivity index (χ2n) is 9.14. The summed E-state index contributed by atoms with van der Waals surface area (Å²) in [6.07, 6.45) is 3.93. The number of aromatic nitrogens is 2. The standard InChI is InChI=1S/C27H30N6O5/c1-15(27(37)38)32-26(36)23(11-17-13-30-22-9-5-3-7-19(17)22)33-24(34)14-31-25(35)20(28)10-16-12-29-21-8-4-2-6-18(16)21/h2-9,12-13,15,20,23,29-30H,10-11,14,28H2,1H3,(H,31,35)(H,32,36)(H,33,34)(H,37,38). The summed E-state index contributed by atoms with van der Waals surface area (Å²) in [7, 11) is 0. The van der Waals surface area contributed by atoms with Crippen LogP contribution in [0.2, 0.25) is 0 Å². The molecule has 0 aliphatic rings. The summed E-state index contributed by atoms with van der Waals surface area (Å²) in [4.78, 5) is 55.6. The zero-order valence-corrected chi connectivity index (χ0v) is 20.8. The van der Waals surface area contributed by atoms with E-state index in [1.807, 2.05) is 48.5 Å². The minimum absolute atomic E-state index is 0.113. The molecule has 4 aromatic rings. The Morgan fingerprint density at radius 2 is 1.39 bits per heavy atom. The minimum atomic E-state index is -1.20. The van der Waals surface area contributed by atoms with Crippen molar-refractivity contribution < 1.29 is 24.3 Å². The van der Waals surface area contributed by atoms with Crippen molar-refractivity contribution in [2.24, 2.45) is 5.73 Å². The third kappa shape index (κ3) is 6.19. The normalized spacial score (nSPS) is 13.5. The number of nitrogens with one attached hydrogen (secondary N) is 5. The zero-order valence-electron chi connectivity index (χ0n) is 20.8. The first-order valence-corrected chi connectivity index (χ1v) is 12.2. The fourth-order valence-electron chi connectivity index (χ4n) is 4.28. The zero-order chi connectivity index (χ0) is 27.2. The lowest BCUT2D eigenvalue weighted by atomic mass is 10.0. The smallest absolute Gasteiger partial charge is 0.325 e. The Morgan fingerprint density at radius 3 is 1.97 bits per heavy atom. The van der Waals surface area contributed by atoms with Crippen molar-refractivity contribution in [3.05, 3.63) is 72.1 Å². The number of rotatable bonds is 11. The van der Waals surface area contributed by atoms with Crippen LogP contribution < -0.4 is 21.7 Å². The van der Waals surface area contributed by atoms with Crippen molar-refractivity contribution >= 4 is 45.5 Å². The van der Waals surface area contributed by atoms with Crippen LogP contribution in [0.5, 0.6) is 0 Å². The van der Waals surface area contributed by atoms with Crippen molar-refractivity contribution in [3.8, 4) is 0 Å². The first-order chi connectivity index (χ1) is 18.2. The molecule has 8 N–H and O–H groups in total. The molecular weight excluding hydrogens is 488 g/mol. The average Bonchev–Trinajstić information content (AvgIpc) is 3.51. The number of benzene rings is 2. The van der Waals surface area contributed by atoms with Gasteiger partial charge in [0.1, 0.15) is 12.1 Å². The predicted molar refractivity (Wildman–Crippen MR) is 142 cm³/mol. The molecule has 0 aliphatic carbocycles. The molecule has 0 saturated heterocycles. The van der Waals surface area contributed by atoms with Crippen LogP contribution in [-0.2, 0) is 32.0 Å². The van der Waals surface area contributed by atoms with Gasteiger partial charge in [-0.3, -0.25) is 19.2 Å². The molecule has 3 atom stereocenters. The van der Waals surface area contributed by atoms with Crippen molar-refractivity contribution in [3.63, 3.8) is 0 Å². The quantitative estimate of drug-likeness (QED) is 0.155. The van der Waals surface area contributed by atoms with Crippen LogP contribution in [0.4, 0.5) is 0 Å². The van der Waals surface area contributed by atoms with Crippen molar-refractivity contribution in [1.29, 1.82) is 0 Å². The van der Waals surface area contributed by atoms with Gasteiger partial charge in [-0.15, -0.1) is 0 Å². The van der Waals surface area contributed by atoms with E-state index in [1.54, 1.807) is 12.4 Å². The molecule has 11 nitrogen and oxygen atoms in total. The maximum Gasteiger partial charge on any atom is 0.325 e. The van der Waals surface area contributed by atoms with Gasteiger partial charge in [0.05, 0.1) is 12.6 Å². The number of hydrogen-bond acceptors (Lipinski definition) is 5. The number of nitrogens with two attached hydrogens (primary N) is 1. The molecule has 2 aromatic heterocycles. The van der Waals surface area contributed by atoms with Gasteiger partial charge in [-0.2, -0.15) is 0 Å². The van der Waals surface area contributed by atoms with Crippen molar-refractivity contribution in [1.82, 2.24) is 25.9 Å². The number of hydrogen-bond donors (Lipinski definition) is 7. The van der Waals surface area contributed by atoms with Crippen LogP contribution in [0.3, 0.4) is 0 Å². The Bertz CT molecular complexity index is 1470. The van der Waals surface area contributed by atoms with Crippen LogP contribution >= 0.6 is 0 Å². The molecule has 0 spiro atoms. The number of amides is 3. The van der Waals surface area contributed by atoms with E-state index in [0.29, 0.717) is 0 Å². The predicted octanol–water partition coefficient (Wildman–Crippen LogP) is 0.952. The largest absolute Gasteiger partial charge is 0.480 e. The van der Waals surface area contributed by atoms with E-state index in [2.05, 4.69) is 25.9 Å². The van der Waals surface area contributed by atoms with Crippen molar-refractivity contribution in [2.45, 2.75) is 37.9 Å². The number of carbonyl (C=O) groups is 4. The summed E-state index contributed by atoms with van der Waals surface area (Å²) >= 11 is 0. The number of fused-ring (bicyclic) bond motifs is 2. The molecule has 2 aromatic carbocycles. The van der Waals surface area contributed by atoms with E-state index in [9.17, 15) is 24.3 Å². The molecule has 4 rings (SSSR count). The first kappa shape index (κ1) is 26.4. The number of carboxylic acid groups (broad SMARTS) is 1. The highest BCUT2D eigenvalue weighted by Gasteiger charge is 2.26. The summed E-state index contributed by atoms with van der Waals surface area (Å²) in [6.45, 7) is 0.937. The highest BCUT2D eigenvalue weighted by molar-refractivity contribution is 5.93. The third-order valence-electron chi connectivity index (χ3n) is 6.35. The van der Waals surface area contributed by atoms with Crippen LogP contribution in [-0.4, -0.2) is 63.4 Å². The summed E-state index contributed by atoms with van der Waals surface area (Å²) in [5.41, 5.74) is 9.54. The number of carbonyl (C=O) groups excluding carboxylic acids is 3. The lowest BCUT2D eigenvalue weighted by Crippen LogP contribution is -2.54. The molecule has 198 valence electrons. The molecule has 0 radical (unpaired) electrons. The van der Waals surface area contributed by atoms with E-state index in [4.69, 9.17) is 5.73 Å². The van der Waals surface area contributed by atoms with E-state index in [1.165, 1.54) is 6.92 Å². The Morgan fingerprint density at radius 1 is 0.842 bits per heavy atom. The monoisotopic (exact) mass is 518 g/mol.